The van der Waals surface area contributed by atoms with Gasteiger partial charge in [-0.05, 0) is 39.5 Å². The highest BCUT2D eigenvalue weighted by Crippen LogP contribution is 2.15. The summed E-state index contributed by atoms with van der Waals surface area (Å²) in [6, 6.07) is -1.19. The van der Waals surface area contributed by atoms with Crippen molar-refractivity contribution in [3.63, 3.8) is 0 Å². The summed E-state index contributed by atoms with van der Waals surface area (Å²) in [6.07, 6.45) is 19.8. The smallest absolute Gasteiger partial charge is 0.326 e. The van der Waals surface area contributed by atoms with Crippen molar-refractivity contribution in [1.82, 2.24) is 16.0 Å². The number of carbonyl (C=O) groups excluding carboxylic acids is 4. The van der Waals surface area contributed by atoms with Crippen molar-refractivity contribution >= 4 is 35.4 Å². The summed E-state index contributed by atoms with van der Waals surface area (Å²) in [4.78, 5) is 71.7. The number of nitrogens with one attached hydrogen (secondary N) is 3. The number of carboxylic acids is 2. The van der Waals surface area contributed by atoms with E-state index >= 15 is 0 Å². The van der Waals surface area contributed by atoms with Gasteiger partial charge in [0.1, 0.15) is 18.2 Å². The predicted molar refractivity (Wildman–Crippen MR) is 205 cm³/mol. The minimum atomic E-state index is -1.24. The molecule has 1 unspecified atom stereocenters. The van der Waals surface area contributed by atoms with Crippen LogP contribution in [-0.4, -0.2) is 90.2 Å². The first kappa shape index (κ1) is 49.9. The van der Waals surface area contributed by atoms with E-state index in [0.717, 1.165) is 51.4 Å². The minimum absolute atomic E-state index is 0.0180. The lowest BCUT2D eigenvalue weighted by Gasteiger charge is -2.25. The summed E-state index contributed by atoms with van der Waals surface area (Å²) in [5.74, 6) is -3.14. The third-order valence-corrected chi connectivity index (χ3v) is 9.28. The second-order valence-electron chi connectivity index (χ2n) is 14.8. The van der Waals surface area contributed by atoms with Crippen LogP contribution in [0.5, 0.6) is 0 Å². The van der Waals surface area contributed by atoms with Gasteiger partial charge in [0, 0.05) is 31.7 Å². The molecule has 0 saturated heterocycles. The lowest BCUT2D eigenvalue weighted by Crippen LogP contribution is -2.55. The molecule has 0 aromatic carbocycles. The molecule has 13 nitrogen and oxygen atoms in total. The molecule has 0 aliphatic rings. The summed E-state index contributed by atoms with van der Waals surface area (Å²) >= 11 is 0. The molecule has 13 heteroatoms. The van der Waals surface area contributed by atoms with Crippen LogP contribution in [0.25, 0.3) is 0 Å². The lowest BCUT2D eigenvalue weighted by atomic mass is 10.0. The van der Waals surface area contributed by atoms with Gasteiger partial charge in [-0.2, -0.15) is 0 Å². The fourth-order valence-corrected chi connectivity index (χ4v) is 5.89. The molecule has 308 valence electrons. The van der Waals surface area contributed by atoms with Gasteiger partial charge in [-0.3, -0.25) is 24.0 Å². The van der Waals surface area contributed by atoms with Gasteiger partial charge in [0.05, 0.1) is 19.8 Å². The molecular formula is C40H73N3O10. The Labute approximate surface area is 318 Å². The zero-order valence-electron chi connectivity index (χ0n) is 33.4. The van der Waals surface area contributed by atoms with E-state index in [2.05, 4.69) is 16.0 Å². The predicted octanol–water partition coefficient (Wildman–Crippen LogP) is 6.49. The van der Waals surface area contributed by atoms with Crippen LogP contribution >= 0.6 is 0 Å². The normalized spacial score (nSPS) is 12.5. The fourth-order valence-electron chi connectivity index (χ4n) is 5.89. The first-order valence-electron chi connectivity index (χ1n) is 20.3. The van der Waals surface area contributed by atoms with Gasteiger partial charge in [-0.25, -0.2) is 4.79 Å². The Bertz CT molecular complexity index is 1040. The summed E-state index contributed by atoms with van der Waals surface area (Å²) in [6.45, 7) is 8.05. The molecular weight excluding hydrogens is 682 g/mol. The van der Waals surface area contributed by atoms with E-state index in [1.807, 2.05) is 13.8 Å². The summed E-state index contributed by atoms with van der Waals surface area (Å²) < 4.78 is 10.8. The highest BCUT2D eigenvalue weighted by Gasteiger charge is 2.30. The largest absolute Gasteiger partial charge is 0.481 e. The number of hydrogen-bond donors (Lipinski definition) is 5. The Morgan fingerprint density at radius 3 is 1.60 bits per heavy atom. The minimum Gasteiger partial charge on any atom is -0.481 e. The first-order valence-corrected chi connectivity index (χ1v) is 20.3. The number of hydrogen-bond acceptors (Lipinski definition) is 8. The molecule has 3 amide bonds. The summed E-state index contributed by atoms with van der Waals surface area (Å²) in [5.41, 5.74) is -1.24. The van der Waals surface area contributed by atoms with Crippen molar-refractivity contribution < 1.29 is 48.5 Å². The maximum absolute atomic E-state index is 12.6. The highest BCUT2D eigenvalue weighted by atomic mass is 16.5. The van der Waals surface area contributed by atoms with Gasteiger partial charge in [0.2, 0.25) is 17.7 Å². The summed E-state index contributed by atoms with van der Waals surface area (Å²) in [5, 5.41) is 26.1. The number of unbranched alkanes of at least 4 members (excludes halogenated alkanes) is 15. The maximum atomic E-state index is 12.6. The van der Waals surface area contributed by atoms with E-state index in [9.17, 15) is 33.9 Å². The number of amides is 3. The number of carboxylic acid groups (broad SMARTS) is 2. The van der Waals surface area contributed by atoms with Crippen molar-refractivity contribution in [2.75, 3.05) is 33.0 Å². The van der Waals surface area contributed by atoms with Crippen LogP contribution in [0.4, 0.5) is 0 Å². The Balaban J connectivity index is 3.96. The average molecular weight is 756 g/mol. The fraction of sp³-hybridized carbons (Fsp3) is 0.850. The number of Topliss-reactive ketones (excluding diaryl/α,β-unsaturated/α-hetero) is 1. The third-order valence-electron chi connectivity index (χ3n) is 9.28. The number of aliphatic carboxylic acids is 2. The van der Waals surface area contributed by atoms with Crippen molar-refractivity contribution in [1.29, 1.82) is 0 Å². The van der Waals surface area contributed by atoms with Crippen LogP contribution in [0.1, 0.15) is 169 Å². The Morgan fingerprint density at radius 2 is 1.11 bits per heavy atom. The number of rotatable bonds is 37. The topological polar surface area (TPSA) is 197 Å². The molecule has 0 spiro atoms. The average Bonchev–Trinajstić information content (AvgIpc) is 3.09. The second kappa shape index (κ2) is 32.4. The van der Waals surface area contributed by atoms with Gasteiger partial charge < -0.3 is 35.6 Å². The van der Waals surface area contributed by atoms with Crippen LogP contribution in [0.15, 0.2) is 0 Å². The third kappa shape index (κ3) is 30.0. The van der Waals surface area contributed by atoms with Crippen molar-refractivity contribution in [3.8, 4) is 0 Å². The molecule has 0 saturated carbocycles. The van der Waals surface area contributed by atoms with Crippen molar-refractivity contribution in [2.24, 2.45) is 5.92 Å². The van der Waals surface area contributed by atoms with E-state index in [1.165, 1.54) is 57.8 Å². The quantitative estimate of drug-likeness (QED) is 0.0437. The molecule has 0 radical (unpaired) electrons. The van der Waals surface area contributed by atoms with E-state index < -0.39 is 35.3 Å². The van der Waals surface area contributed by atoms with E-state index in [1.54, 1.807) is 13.8 Å². The second-order valence-corrected chi connectivity index (χ2v) is 14.8. The van der Waals surface area contributed by atoms with Crippen LogP contribution in [0.2, 0.25) is 0 Å². The van der Waals surface area contributed by atoms with Gasteiger partial charge >= 0.3 is 11.9 Å². The highest BCUT2D eigenvalue weighted by molar-refractivity contribution is 5.91. The molecule has 5 N–H and O–H groups in total. The van der Waals surface area contributed by atoms with Crippen molar-refractivity contribution in [3.05, 3.63) is 0 Å². The van der Waals surface area contributed by atoms with Gasteiger partial charge in [0.15, 0.2) is 5.78 Å². The van der Waals surface area contributed by atoms with Gasteiger partial charge in [0.25, 0.3) is 0 Å². The molecule has 53 heavy (non-hydrogen) atoms. The van der Waals surface area contributed by atoms with E-state index in [0.29, 0.717) is 6.42 Å². The van der Waals surface area contributed by atoms with Gasteiger partial charge in [-0.15, -0.1) is 0 Å². The van der Waals surface area contributed by atoms with Crippen LogP contribution < -0.4 is 16.0 Å². The summed E-state index contributed by atoms with van der Waals surface area (Å²) in [7, 11) is 0. The molecule has 0 heterocycles. The zero-order valence-corrected chi connectivity index (χ0v) is 33.4. The molecule has 2 atom stereocenters. The Morgan fingerprint density at radius 1 is 0.623 bits per heavy atom. The van der Waals surface area contributed by atoms with Crippen LogP contribution in [0.3, 0.4) is 0 Å². The number of ether oxygens (including phenoxy) is 2. The zero-order chi connectivity index (χ0) is 39.7. The SMILES string of the molecule is CCCC(C)C(=O)COCCOCCNC(=O)C(C)(C)NC(=O)CC[C@H](NC(=O)CCCCCCCCCCCCCCCCCCC(=O)O)C(=O)O. The van der Waals surface area contributed by atoms with E-state index in [-0.39, 0.29) is 76.3 Å². The Hall–Kier alpha value is -3.06. The molecule has 0 fully saturated rings. The number of carbonyl (C=O) groups is 6. The lowest BCUT2D eigenvalue weighted by molar-refractivity contribution is -0.142. The van der Waals surface area contributed by atoms with Crippen LogP contribution in [-0.2, 0) is 38.2 Å². The monoisotopic (exact) mass is 756 g/mol. The molecule has 0 rings (SSSR count). The van der Waals surface area contributed by atoms with Gasteiger partial charge in [-0.1, -0.05) is 110 Å². The van der Waals surface area contributed by atoms with E-state index in [4.69, 9.17) is 14.6 Å². The van der Waals surface area contributed by atoms with Crippen molar-refractivity contribution in [2.45, 2.75) is 181 Å². The Kier molecular flexibility index (Phi) is 30.5. The first-order chi connectivity index (χ1) is 25.3. The number of ketones is 1. The molecule has 0 aromatic rings. The molecule has 0 bridgehead atoms. The maximum Gasteiger partial charge on any atom is 0.326 e. The molecule has 0 aliphatic carbocycles. The van der Waals surface area contributed by atoms with Crippen LogP contribution in [0, 0.1) is 5.92 Å². The molecule has 0 aromatic heterocycles. The molecule has 0 aliphatic heterocycles. The standard InChI is InChI=1S/C40H73N3O10/c1-5-22-32(2)34(44)31-53-30-29-52-28-27-41-39(51)40(3,4)43-36(46)26-25-33(38(49)50)42-35(45)23-20-18-16-14-12-10-8-6-7-9-11-13-15-17-19-21-24-37(47)48/h32-33H,5-31H2,1-4H3,(H,41,51)(H,42,45)(H,43,46)(H,47,48)(H,49,50)/t32?,33-/m0/s1.